The highest BCUT2D eigenvalue weighted by atomic mass is 16.6. The van der Waals surface area contributed by atoms with Gasteiger partial charge < -0.3 is 9.64 Å². The molecule has 4 aromatic rings. The second-order valence-electron chi connectivity index (χ2n) is 8.62. The van der Waals surface area contributed by atoms with Crippen molar-refractivity contribution in [3.63, 3.8) is 0 Å². The summed E-state index contributed by atoms with van der Waals surface area (Å²) in [5, 5.41) is 8.22. The van der Waals surface area contributed by atoms with E-state index < -0.39 is 5.60 Å². The second kappa shape index (κ2) is 11.0. The van der Waals surface area contributed by atoms with Crippen molar-refractivity contribution in [1.29, 1.82) is 0 Å². The minimum atomic E-state index is -1.05. The molecular formula is C29H32N4O2. The predicted octanol–water partition coefficient (Wildman–Crippen LogP) is 5.13. The van der Waals surface area contributed by atoms with Crippen molar-refractivity contribution < 1.29 is 9.53 Å². The average molecular weight is 469 g/mol. The first-order valence-electron chi connectivity index (χ1n) is 12.0. The summed E-state index contributed by atoms with van der Waals surface area (Å²) in [5.74, 6) is -0.334. The Kier molecular flexibility index (Phi) is 7.60. The number of aromatic nitrogens is 3. The molecule has 0 radical (unpaired) electrons. The Balaban J connectivity index is 1.72. The normalized spacial score (nSPS) is 11.3. The number of ether oxygens (including phenoxy) is 1. The van der Waals surface area contributed by atoms with Gasteiger partial charge in [0.15, 0.2) is 5.60 Å². The van der Waals surface area contributed by atoms with Crippen molar-refractivity contribution in [1.82, 2.24) is 15.0 Å². The Bertz CT molecular complexity index is 1200. The van der Waals surface area contributed by atoms with Crippen LogP contribution >= 0.6 is 0 Å². The topological polar surface area (TPSA) is 60.3 Å². The van der Waals surface area contributed by atoms with E-state index in [9.17, 15) is 4.79 Å². The molecule has 0 saturated heterocycles. The van der Waals surface area contributed by atoms with Crippen molar-refractivity contribution in [2.75, 3.05) is 18.0 Å². The van der Waals surface area contributed by atoms with Gasteiger partial charge in [-0.1, -0.05) is 78.0 Å². The Morgan fingerprint density at radius 1 is 0.943 bits per heavy atom. The maximum atomic E-state index is 12.5. The summed E-state index contributed by atoms with van der Waals surface area (Å²) in [6.07, 6.45) is 3.79. The lowest BCUT2D eigenvalue weighted by atomic mass is 9.80. The predicted molar refractivity (Wildman–Crippen MR) is 138 cm³/mol. The van der Waals surface area contributed by atoms with E-state index in [0.29, 0.717) is 0 Å². The van der Waals surface area contributed by atoms with Gasteiger partial charge in [0.2, 0.25) is 0 Å². The van der Waals surface area contributed by atoms with E-state index in [0.717, 1.165) is 54.0 Å². The van der Waals surface area contributed by atoms with Gasteiger partial charge >= 0.3 is 5.97 Å². The van der Waals surface area contributed by atoms with E-state index in [2.05, 4.69) is 34.3 Å². The minimum absolute atomic E-state index is 0.334. The molecule has 0 N–H and O–H groups in total. The Morgan fingerprint density at radius 2 is 1.57 bits per heavy atom. The Hall–Kier alpha value is -3.93. The second-order valence-corrected chi connectivity index (χ2v) is 8.62. The number of benzene rings is 3. The van der Waals surface area contributed by atoms with Crippen LogP contribution in [0.3, 0.4) is 0 Å². The van der Waals surface area contributed by atoms with E-state index in [1.54, 1.807) is 4.68 Å². The number of hydrogen-bond acceptors (Lipinski definition) is 5. The standard InChI is InChI=1S/C29H32N4O2/c1-4-33(20-12-18-27-22-32(3)31-30-27)28-19-11-17-26(21-28)29(35-23(2)34,24-13-7-5-8-14-24)25-15-9-6-10-16-25/h5-11,13-17,19,21-22H,4,12,18,20H2,1-3H3. The lowest BCUT2D eigenvalue weighted by Gasteiger charge is -2.36. The third-order valence-electron chi connectivity index (χ3n) is 6.17. The molecule has 0 unspecified atom stereocenters. The molecule has 3 aromatic carbocycles. The van der Waals surface area contributed by atoms with Crippen LogP contribution in [0.4, 0.5) is 5.69 Å². The van der Waals surface area contributed by atoms with E-state index in [4.69, 9.17) is 4.74 Å². The first-order chi connectivity index (χ1) is 17.0. The molecule has 6 heteroatoms. The van der Waals surface area contributed by atoms with Crippen LogP contribution < -0.4 is 4.90 Å². The molecule has 0 aliphatic rings. The number of carbonyl (C=O) groups is 1. The third-order valence-corrected chi connectivity index (χ3v) is 6.17. The summed E-state index contributed by atoms with van der Waals surface area (Å²) >= 11 is 0. The fourth-order valence-corrected chi connectivity index (χ4v) is 4.59. The SMILES string of the molecule is CCN(CCCc1cn(C)nn1)c1cccc(C(OC(C)=O)(c2ccccc2)c2ccccc2)c1. The van der Waals surface area contributed by atoms with Crippen molar-refractivity contribution >= 4 is 11.7 Å². The molecule has 1 heterocycles. The summed E-state index contributed by atoms with van der Waals surface area (Å²) in [6, 6.07) is 28.3. The molecule has 0 aliphatic heterocycles. The van der Waals surface area contributed by atoms with E-state index >= 15 is 0 Å². The number of aryl methyl sites for hydroxylation is 2. The third kappa shape index (κ3) is 5.43. The van der Waals surface area contributed by atoms with Crippen LogP contribution in [0.2, 0.25) is 0 Å². The van der Waals surface area contributed by atoms with Gasteiger partial charge in [0.05, 0.1) is 5.69 Å². The van der Waals surface area contributed by atoms with Crippen molar-refractivity contribution in [2.45, 2.75) is 32.3 Å². The summed E-state index contributed by atoms with van der Waals surface area (Å²) < 4.78 is 7.97. The van der Waals surface area contributed by atoms with Gasteiger partial charge in [0, 0.05) is 55.6 Å². The van der Waals surface area contributed by atoms with Crippen LogP contribution in [0.5, 0.6) is 0 Å². The molecule has 0 fully saturated rings. The fourth-order valence-electron chi connectivity index (χ4n) is 4.59. The first-order valence-corrected chi connectivity index (χ1v) is 12.0. The molecule has 0 spiro atoms. The molecule has 6 nitrogen and oxygen atoms in total. The highest BCUT2D eigenvalue weighted by Crippen LogP contribution is 2.41. The van der Waals surface area contributed by atoms with Crippen LogP contribution in [0.1, 0.15) is 42.7 Å². The quantitative estimate of drug-likeness (QED) is 0.239. The molecule has 0 saturated carbocycles. The zero-order valence-corrected chi connectivity index (χ0v) is 20.6. The zero-order valence-electron chi connectivity index (χ0n) is 20.6. The maximum Gasteiger partial charge on any atom is 0.304 e. The van der Waals surface area contributed by atoms with Crippen LogP contribution in [-0.2, 0) is 28.6 Å². The molecule has 0 aliphatic carbocycles. The maximum absolute atomic E-state index is 12.5. The molecule has 0 bridgehead atoms. The van der Waals surface area contributed by atoms with Gasteiger partial charge in [-0.05, 0) is 31.9 Å². The van der Waals surface area contributed by atoms with Crippen molar-refractivity contribution in [3.05, 3.63) is 114 Å². The minimum Gasteiger partial charge on any atom is -0.444 e. The molecule has 1 aromatic heterocycles. The van der Waals surface area contributed by atoms with Gasteiger partial charge in [-0.15, -0.1) is 5.10 Å². The number of nitrogens with zero attached hydrogens (tertiary/aromatic N) is 4. The lowest BCUT2D eigenvalue weighted by Crippen LogP contribution is -2.35. The number of hydrogen-bond donors (Lipinski definition) is 0. The summed E-state index contributed by atoms with van der Waals surface area (Å²) in [7, 11) is 1.88. The van der Waals surface area contributed by atoms with Crippen LogP contribution in [-0.4, -0.2) is 34.1 Å². The summed E-state index contributed by atoms with van der Waals surface area (Å²) in [4.78, 5) is 14.8. The molecule has 4 rings (SSSR count). The molecule has 0 amide bonds. The Labute approximate surface area is 207 Å². The fraction of sp³-hybridized carbons (Fsp3) is 0.276. The van der Waals surface area contributed by atoms with Crippen LogP contribution in [0.15, 0.2) is 91.1 Å². The van der Waals surface area contributed by atoms with Crippen LogP contribution in [0, 0.1) is 0 Å². The number of rotatable bonds is 10. The van der Waals surface area contributed by atoms with Gasteiger partial charge in [-0.3, -0.25) is 9.48 Å². The summed E-state index contributed by atoms with van der Waals surface area (Å²) in [5.41, 5.74) is 3.76. The van der Waals surface area contributed by atoms with Crippen LogP contribution in [0.25, 0.3) is 0 Å². The lowest BCUT2D eigenvalue weighted by molar-refractivity contribution is -0.150. The zero-order chi connectivity index (χ0) is 24.7. The molecule has 0 atom stereocenters. The van der Waals surface area contributed by atoms with Gasteiger partial charge in [0.1, 0.15) is 0 Å². The number of carbonyl (C=O) groups excluding carboxylic acids is 1. The number of esters is 1. The monoisotopic (exact) mass is 468 g/mol. The highest BCUT2D eigenvalue weighted by Gasteiger charge is 2.40. The first kappa shape index (κ1) is 24.2. The van der Waals surface area contributed by atoms with Gasteiger partial charge in [0.25, 0.3) is 0 Å². The van der Waals surface area contributed by atoms with Gasteiger partial charge in [-0.2, -0.15) is 0 Å². The van der Waals surface area contributed by atoms with Crippen molar-refractivity contribution in [3.8, 4) is 0 Å². The average Bonchev–Trinajstić information content (AvgIpc) is 3.31. The van der Waals surface area contributed by atoms with E-state index in [1.165, 1.54) is 6.92 Å². The summed E-state index contributed by atoms with van der Waals surface area (Å²) in [6.45, 7) is 5.37. The molecular weight excluding hydrogens is 436 g/mol. The highest BCUT2D eigenvalue weighted by molar-refractivity contribution is 5.69. The van der Waals surface area contributed by atoms with E-state index in [-0.39, 0.29) is 5.97 Å². The van der Waals surface area contributed by atoms with E-state index in [1.807, 2.05) is 86.0 Å². The number of anilines is 1. The molecule has 180 valence electrons. The molecule has 35 heavy (non-hydrogen) atoms. The van der Waals surface area contributed by atoms with Gasteiger partial charge in [-0.25, -0.2) is 0 Å². The largest absolute Gasteiger partial charge is 0.444 e. The Morgan fingerprint density at radius 3 is 2.11 bits per heavy atom. The smallest absolute Gasteiger partial charge is 0.304 e. The van der Waals surface area contributed by atoms with Crippen molar-refractivity contribution in [2.24, 2.45) is 7.05 Å².